The zero-order chi connectivity index (χ0) is 57.0. The molecule has 0 fully saturated rings. The fourth-order valence-electron chi connectivity index (χ4n) is 9.25. The van der Waals surface area contributed by atoms with E-state index in [1.165, 1.54) is 180 Å². The van der Waals surface area contributed by atoms with E-state index in [4.69, 9.17) is 9.05 Å². The minimum Gasteiger partial charge on any atom is -0.756 e. The van der Waals surface area contributed by atoms with Crippen molar-refractivity contribution in [2.75, 3.05) is 40.9 Å². The van der Waals surface area contributed by atoms with E-state index in [0.29, 0.717) is 17.4 Å². The molecule has 0 bridgehead atoms. The summed E-state index contributed by atoms with van der Waals surface area (Å²) in [6.45, 7) is 4.55. The maximum absolute atomic E-state index is 13.0. The fraction of sp³-hybridized carbons (Fsp3) is 0.754. The van der Waals surface area contributed by atoms with Crippen LogP contribution in [-0.2, 0) is 18.4 Å². The number of amides is 1. The Kier molecular flexibility index (Phi) is 57.1. The van der Waals surface area contributed by atoms with Crippen LogP contribution in [0.1, 0.15) is 284 Å². The predicted molar refractivity (Wildman–Crippen MR) is 339 cm³/mol. The van der Waals surface area contributed by atoms with Crippen molar-refractivity contribution in [3.8, 4) is 0 Å². The minimum atomic E-state index is -4.60. The zero-order valence-corrected chi connectivity index (χ0v) is 52.5. The quantitative estimate of drug-likeness (QED) is 0.0272. The molecule has 1 amide bonds. The van der Waals surface area contributed by atoms with Gasteiger partial charge < -0.3 is 28.8 Å². The number of carbonyl (C=O) groups excluding carboxylic acids is 1. The molecule has 2 N–H and O–H groups in total. The summed E-state index contributed by atoms with van der Waals surface area (Å²) in [5.74, 6) is -0.197. The van der Waals surface area contributed by atoms with Crippen LogP contribution in [0.5, 0.6) is 0 Å². The molecule has 452 valence electrons. The van der Waals surface area contributed by atoms with Gasteiger partial charge in [0, 0.05) is 6.42 Å². The van der Waals surface area contributed by atoms with E-state index < -0.39 is 20.0 Å². The first-order valence-electron chi connectivity index (χ1n) is 32.6. The summed E-state index contributed by atoms with van der Waals surface area (Å²) in [7, 11) is 1.26. The molecule has 0 aromatic carbocycles. The third-order valence-electron chi connectivity index (χ3n) is 14.3. The maximum atomic E-state index is 13.0. The van der Waals surface area contributed by atoms with Crippen LogP contribution in [0.4, 0.5) is 0 Å². The van der Waals surface area contributed by atoms with Crippen molar-refractivity contribution >= 4 is 13.7 Å². The summed E-state index contributed by atoms with van der Waals surface area (Å²) in [6, 6.07) is -0.890. The Bertz CT molecular complexity index is 1590. The minimum absolute atomic E-state index is 0.00261. The van der Waals surface area contributed by atoms with E-state index in [2.05, 4.69) is 104 Å². The maximum Gasteiger partial charge on any atom is 0.268 e. The lowest BCUT2D eigenvalue weighted by atomic mass is 10.0. The molecule has 0 aliphatic carbocycles. The van der Waals surface area contributed by atoms with Crippen molar-refractivity contribution < 1.29 is 32.9 Å². The Balaban J connectivity index is 4.02. The highest BCUT2D eigenvalue weighted by atomic mass is 31.2. The van der Waals surface area contributed by atoms with Crippen LogP contribution >= 0.6 is 7.82 Å². The second kappa shape index (κ2) is 59.1. The molecule has 0 aliphatic heterocycles. The number of unbranched alkanes of at least 4 members (excludes halogenated alkanes) is 32. The number of hydrogen-bond donors (Lipinski definition) is 2. The number of rotatable bonds is 59. The summed E-state index contributed by atoms with van der Waals surface area (Å²) >= 11 is 0. The van der Waals surface area contributed by atoms with Crippen LogP contribution < -0.4 is 10.2 Å². The largest absolute Gasteiger partial charge is 0.756 e. The van der Waals surface area contributed by atoms with Gasteiger partial charge in [-0.25, -0.2) is 0 Å². The Hall–Kier alpha value is -2.58. The molecule has 0 aromatic heterocycles. The molecule has 3 atom stereocenters. The first-order valence-corrected chi connectivity index (χ1v) is 34.1. The number of hydrogen-bond acceptors (Lipinski definition) is 6. The number of nitrogens with zero attached hydrogens (tertiary/aromatic N) is 1. The molecule has 0 rings (SSSR count). The van der Waals surface area contributed by atoms with Gasteiger partial charge in [-0.3, -0.25) is 9.36 Å². The summed E-state index contributed by atoms with van der Waals surface area (Å²) in [5.41, 5.74) is 0. The van der Waals surface area contributed by atoms with Gasteiger partial charge in [0.05, 0.1) is 39.9 Å². The number of aliphatic hydroxyl groups excluding tert-OH is 1. The van der Waals surface area contributed by atoms with E-state index in [-0.39, 0.29) is 19.1 Å². The monoisotopic (exact) mass is 1110 g/mol. The highest BCUT2D eigenvalue weighted by Crippen LogP contribution is 2.38. The Morgan fingerprint density at radius 2 is 0.782 bits per heavy atom. The molecule has 78 heavy (non-hydrogen) atoms. The first-order chi connectivity index (χ1) is 38.0. The summed E-state index contributed by atoms with van der Waals surface area (Å²) in [5, 5.41) is 13.9. The van der Waals surface area contributed by atoms with E-state index in [9.17, 15) is 19.4 Å². The van der Waals surface area contributed by atoms with Crippen molar-refractivity contribution in [2.24, 2.45) is 0 Å². The molecule has 0 aliphatic rings. The van der Waals surface area contributed by atoms with E-state index >= 15 is 0 Å². The Morgan fingerprint density at radius 3 is 1.14 bits per heavy atom. The van der Waals surface area contributed by atoms with Crippen molar-refractivity contribution in [1.29, 1.82) is 0 Å². The number of phosphoric acid groups is 1. The molecule has 0 saturated carbocycles. The van der Waals surface area contributed by atoms with Crippen LogP contribution in [0.3, 0.4) is 0 Å². The standard InChI is InChI=1S/C69H125N2O6P/c1-6-8-10-12-14-16-18-20-22-24-25-26-27-28-29-30-31-32-33-34-35-36-37-38-39-40-41-42-43-44-45-47-49-51-53-55-57-59-61-63-69(73)70-67(66-77-78(74,75)76-65-64-71(3,4)5)68(72)62-60-58-56-54-52-50-48-46-23-21-19-17-15-13-11-9-7-2/h8,10,14,16,20,22,25-26,28-29,31-32,34-35,60,62,67-68,72H,6-7,9,11-13,15,17-19,21,23-24,27,30,33,36-59,61,63-66H2,1-5H3,(H-,70,73,74,75)/b10-8-,16-14-,22-20-,26-25-,29-28-,32-31-,35-34-,62-60+. The van der Waals surface area contributed by atoms with Gasteiger partial charge in [0.2, 0.25) is 5.91 Å². The average molecular weight is 1110 g/mol. The highest BCUT2D eigenvalue weighted by Gasteiger charge is 2.23. The lowest BCUT2D eigenvalue weighted by Crippen LogP contribution is -2.45. The zero-order valence-electron chi connectivity index (χ0n) is 51.6. The van der Waals surface area contributed by atoms with E-state index in [1.54, 1.807) is 6.08 Å². The smallest absolute Gasteiger partial charge is 0.268 e. The van der Waals surface area contributed by atoms with Gasteiger partial charge in [-0.1, -0.05) is 297 Å². The molecular weight excluding hydrogens is 984 g/mol. The molecule has 0 radical (unpaired) electrons. The molecule has 0 aromatic rings. The molecular formula is C69H125N2O6P. The topological polar surface area (TPSA) is 108 Å². The number of quaternary nitrogens is 1. The van der Waals surface area contributed by atoms with Gasteiger partial charge in [-0.2, -0.15) is 0 Å². The molecule has 0 heterocycles. The molecule has 0 spiro atoms. The third-order valence-corrected chi connectivity index (χ3v) is 15.3. The van der Waals surface area contributed by atoms with Crippen molar-refractivity contribution in [1.82, 2.24) is 5.32 Å². The van der Waals surface area contributed by atoms with Gasteiger partial charge in [0.25, 0.3) is 7.82 Å². The number of nitrogens with one attached hydrogen (secondary N) is 1. The number of allylic oxidation sites excluding steroid dienone is 15. The van der Waals surface area contributed by atoms with Crippen molar-refractivity contribution in [2.45, 2.75) is 296 Å². The van der Waals surface area contributed by atoms with Crippen molar-refractivity contribution in [3.05, 3.63) is 97.2 Å². The first kappa shape index (κ1) is 75.4. The molecule has 0 saturated heterocycles. The number of aliphatic hydroxyl groups is 1. The Morgan fingerprint density at radius 1 is 0.462 bits per heavy atom. The lowest BCUT2D eigenvalue weighted by Gasteiger charge is -2.29. The fourth-order valence-corrected chi connectivity index (χ4v) is 9.98. The molecule has 9 heteroatoms. The molecule has 8 nitrogen and oxygen atoms in total. The van der Waals surface area contributed by atoms with Crippen LogP contribution in [0.2, 0.25) is 0 Å². The normalized spacial score (nSPS) is 14.4. The van der Waals surface area contributed by atoms with Crippen LogP contribution in [0.25, 0.3) is 0 Å². The van der Waals surface area contributed by atoms with Crippen LogP contribution in [0, 0.1) is 0 Å². The van der Waals surface area contributed by atoms with Crippen LogP contribution in [-0.4, -0.2) is 68.5 Å². The van der Waals surface area contributed by atoms with Gasteiger partial charge in [0.15, 0.2) is 0 Å². The second-order valence-electron chi connectivity index (χ2n) is 23.1. The average Bonchev–Trinajstić information content (AvgIpc) is 3.40. The van der Waals surface area contributed by atoms with Gasteiger partial charge in [-0.15, -0.1) is 0 Å². The summed E-state index contributed by atoms with van der Waals surface area (Å²) < 4.78 is 23.4. The lowest BCUT2D eigenvalue weighted by molar-refractivity contribution is -0.870. The summed E-state index contributed by atoms with van der Waals surface area (Å²) in [6.07, 6.45) is 85.1. The number of phosphoric ester groups is 1. The van der Waals surface area contributed by atoms with Gasteiger partial charge in [-0.05, 0) is 77.0 Å². The van der Waals surface area contributed by atoms with Gasteiger partial charge in [0.1, 0.15) is 13.2 Å². The van der Waals surface area contributed by atoms with Gasteiger partial charge >= 0.3 is 0 Å². The number of likely N-dealkylation sites (N-methyl/N-ethyl adjacent to an activating group) is 1. The highest BCUT2D eigenvalue weighted by molar-refractivity contribution is 7.45. The summed E-state index contributed by atoms with van der Waals surface area (Å²) in [4.78, 5) is 25.6. The molecule has 3 unspecified atom stereocenters. The van der Waals surface area contributed by atoms with E-state index in [0.717, 1.165) is 83.5 Å². The van der Waals surface area contributed by atoms with E-state index in [1.807, 2.05) is 27.2 Å². The number of carbonyl (C=O) groups is 1. The Labute approximate surface area is 483 Å². The second-order valence-corrected chi connectivity index (χ2v) is 24.5. The SMILES string of the molecule is CC/C=C\C/C=C\C/C=C\C/C=C\C/C=C\C/C=C\C/C=C\CCCCCCCCCCCCCCCCCCCC(=O)NC(COP(=O)([O-])OCC[N+](C)(C)C)C(O)/C=C/CCCCCCCCCCCCCCCCC. The van der Waals surface area contributed by atoms with Crippen molar-refractivity contribution in [3.63, 3.8) is 0 Å². The van der Waals surface area contributed by atoms with Crippen LogP contribution in [0.15, 0.2) is 97.2 Å². The third kappa shape index (κ3) is 61.0. The predicted octanol–water partition coefficient (Wildman–Crippen LogP) is 19.9.